The molecule has 0 atom stereocenters. The summed E-state index contributed by atoms with van der Waals surface area (Å²) in [6.45, 7) is 7.65. The average molecular weight is 636 g/mol. The zero-order chi connectivity index (χ0) is 33.8. The van der Waals surface area contributed by atoms with Gasteiger partial charge in [0.25, 0.3) is 0 Å². The Morgan fingerprint density at radius 1 is 0.480 bits per heavy atom. The molecule has 0 radical (unpaired) electrons. The van der Waals surface area contributed by atoms with E-state index in [-0.39, 0.29) is 0 Å². The van der Waals surface area contributed by atoms with Gasteiger partial charge in [-0.25, -0.2) is 4.85 Å². The SMILES string of the molecule is [C-]#[N+]c1ccc2c(c1)c1ccccc1n2-c1cc(-c2ccccc2)cc(-c2cccc(-n3c4ccccc4c4cc(C#N)ccc43)c2)c1C#N. The molecule has 0 fully saturated rings. The molecule has 9 aromatic rings. The molecule has 0 aliphatic carbocycles. The summed E-state index contributed by atoms with van der Waals surface area (Å²) in [6, 6.07) is 55.7. The zero-order valence-electron chi connectivity index (χ0n) is 26.7. The van der Waals surface area contributed by atoms with Crippen molar-refractivity contribution >= 4 is 49.3 Å². The first-order valence-electron chi connectivity index (χ1n) is 16.3. The minimum atomic E-state index is 0.555. The summed E-state index contributed by atoms with van der Waals surface area (Å²) in [6.07, 6.45) is 0. The highest BCUT2D eigenvalue weighted by atomic mass is 15.0. The number of para-hydroxylation sites is 2. The number of nitriles is 2. The number of hydrogen-bond acceptors (Lipinski definition) is 2. The first-order chi connectivity index (χ1) is 24.7. The number of nitrogens with zero attached hydrogens (tertiary/aromatic N) is 5. The largest absolute Gasteiger partial charge is 0.309 e. The lowest BCUT2D eigenvalue weighted by molar-refractivity contribution is 1.17. The van der Waals surface area contributed by atoms with Crippen LogP contribution in [0.25, 0.3) is 82.1 Å². The second-order valence-corrected chi connectivity index (χ2v) is 12.3. The van der Waals surface area contributed by atoms with Crippen molar-refractivity contribution in [2.75, 3.05) is 0 Å². The smallest absolute Gasteiger partial charge is 0.188 e. The highest BCUT2D eigenvalue weighted by molar-refractivity contribution is 6.11. The third-order valence-corrected chi connectivity index (χ3v) is 9.58. The number of benzene rings is 7. The number of aromatic nitrogens is 2. The quantitative estimate of drug-likeness (QED) is 0.181. The summed E-state index contributed by atoms with van der Waals surface area (Å²) >= 11 is 0. The molecule has 0 spiro atoms. The fraction of sp³-hybridized carbons (Fsp3) is 0. The molecule has 50 heavy (non-hydrogen) atoms. The van der Waals surface area contributed by atoms with Gasteiger partial charge >= 0.3 is 0 Å². The molecule has 5 heteroatoms. The second kappa shape index (κ2) is 11.4. The van der Waals surface area contributed by atoms with Gasteiger partial charge in [-0.2, -0.15) is 10.5 Å². The fourth-order valence-electron chi connectivity index (χ4n) is 7.37. The van der Waals surface area contributed by atoms with Crippen LogP contribution in [0.1, 0.15) is 11.1 Å². The molecule has 2 heterocycles. The number of hydrogen-bond donors (Lipinski definition) is 0. The van der Waals surface area contributed by atoms with Gasteiger partial charge in [-0.1, -0.05) is 84.9 Å². The van der Waals surface area contributed by atoms with Crippen molar-refractivity contribution in [3.8, 4) is 45.8 Å². The van der Waals surface area contributed by atoms with E-state index in [9.17, 15) is 10.5 Å². The predicted molar refractivity (Wildman–Crippen MR) is 202 cm³/mol. The third kappa shape index (κ3) is 4.38. The van der Waals surface area contributed by atoms with Crippen LogP contribution in [0.2, 0.25) is 0 Å². The Kier molecular flexibility index (Phi) is 6.56. The summed E-state index contributed by atoms with van der Waals surface area (Å²) in [4.78, 5) is 3.70. The minimum Gasteiger partial charge on any atom is -0.309 e. The van der Waals surface area contributed by atoms with Crippen LogP contribution >= 0.6 is 0 Å². The molecule has 0 aliphatic heterocycles. The van der Waals surface area contributed by atoms with Gasteiger partial charge in [-0.15, -0.1) is 0 Å². The zero-order valence-corrected chi connectivity index (χ0v) is 26.7. The average Bonchev–Trinajstić information content (AvgIpc) is 3.69. The first kappa shape index (κ1) is 28.8. The summed E-state index contributed by atoms with van der Waals surface area (Å²) in [7, 11) is 0. The van der Waals surface area contributed by atoms with Crippen LogP contribution in [0.4, 0.5) is 5.69 Å². The van der Waals surface area contributed by atoms with Crippen LogP contribution in [0.15, 0.2) is 152 Å². The lowest BCUT2D eigenvalue weighted by Crippen LogP contribution is -2.01. The van der Waals surface area contributed by atoms with Crippen molar-refractivity contribution in [3.63, 3.8) is 0 Å². The Morgan fingerprint density at radius 2 is 1.12 bits per heavy atom. The second-order valence-electron chi connectivity index (χ2n) is 12.3. The summed E-state index contributed by atoms with van der Waals surface area (Å²) in [5.74, 6) is 0. The lowest BCUT2D eigenvalue weighted by Gasteiger charge is -2.17. The molecule has 7 aromatic carbocycles. The molecular weight excluding hydrogens is 611 g/mol. The van der Waals surface area contributed by atoms with Crippen LogP contribution in [0.5, 0.6) is 0 Å². The lowest BCUT2D eigenvalue weighted by atomic mass is 9.93. The van der Waals surface area contributed by atoms with Gasteiger partial charge in [-0.05, 0) is 88.8 Å². The van der Waals surface area contributed by atoms with Crippen molar-refractivity contribution in [1.82, 2.24) is 9.13 Å². The first-order valence-corrected chi connectivity index (χ1v) is 16.3. The van der Waals surface area contributed by atoms with Gasteiger partial charge in [0, 0.05) is 27.4 Å². The number of rotatable bonds is 4. The van der Waals surface area contributed by atoms with Crippen LogP contribution in [0, 0.1) is 29.2 Å². The Labute approximate surface area is 288 Å². The molecule has 0 saturated heterocycles. The Bertz CT molecular complexity index is 2960. The van der Waals surface area contributed by atoms with E-state index in [1.807, 2.05) is 84.9 Å². The molecule has 0 N–H and O–H groups in total. The standard InChI is InChI=1S/C45H25N5/c1-48-33-19-21-44-39(26-33)36-15-6-8-17-42(36)50(44)45-25-32(30-10-3-2-4-11-30)24-37(40(45)28-47)31-12-9-13-34(23-31)49-41-16-7-5-14-35(41)38-22-29(27-46)18-20-43(38)49/h2-26H. The van der Waals surface area contributed by atoms with E-state index < -0.39 is 0 Å². The van der Waals surface area contributed by atoms with Gasteiger partial charge in [0.2, 0.25) is 0 Å². The van der Waals surface area contributed by atoms with Crippen LogP contribution in [-0.4, -0.2) is 9.13 Å². The highest BCUT2D eigenvalue weighted by Gasteiger charge is 2.21. The van der Waals surface area contributed by atoms with Crippen LogP contribution in [0.3, 0.4) is 0 Å². The maximum Gasteiger partial charge on any atom is 0.188 e. The topological polar surface area (TPSA) is 61.8 Å². The number of fused-ring (bicyclic) bond motifs is 6. The molecular formula is C45H25N5. The van der Waals surface area contributed by atoms with E-state index in [4.69, 9.17) is 6.57 Å². The molecule has 0 amide bonds. The summed E-state index contributed by atoms with van der Waals surface area (Å²) in [5, 5.41) is 24.7. The van der Waals surface area contributed by atoms with E-state index in [1.54, 1.807) is 0 Å². The molecule has 5 nitrogen and oxygen atoms in total. The van der Waals surface area contributed by atoms with Crippen molar-refractivity contribution in [3.05, 3.63) is 174 Å². The monoisotopic (exact) mass is 635 g/mol. The molecule has 9 rings (SSSR count). The van der Waals surface area contributed by atoms with E-state index in [0.29, 0.717) is 16.8 Å². The van der Waals surface area contributed by atoms with Crippen molar-refractivity contribution in [1.29, 1.82) is 10.5 Å². The normalized spacial score (nSPS) is 11.1. The molecule has 230 valence electrons. The highest BCUT2D eigenvalue weighted by Crippen LogP contribution is 2.41. The van der Waals surface area contributed by atoms with Crippen LogP contribution < -0.4 is 0 Å². The fourth-order valence-corrected chi connectivity index (χ4v) is 7.37. The Balaban J connectivity index is 1.34. The molecule has 2 aromatic heterocycles. The van der Waals surface area contributed by atoms with Crippen molar-refractivity contribution < 1.29 is 0 Å². The molecule has 0 saturated carbocycles. The molecule has 0 bridgehead atoms. The van der Waals surface area contributed by atoms with Gasteiger partial charge in [-0.3, -0.25) is 0 Å². The summed E-state index contributed by atoms with van der Waals surface area (Å²) < 4.78 is 4.39. The van der Waals surface area contributed by atoms with Gasteiger partial charge in [0.05, 0.1) is 51.5 Å². The molecule has 0 aliphatic rings. The molecule has 0 unspecified atom stereocenters. The van der Waals surface area contributed by atoms with E-state index in [1.165, 1.54) is 0 Å². The minimum absolute atomic E-state index is 0.555. The maximum absolute atomic E-state index is 11.0. The predicted octanol–water partition coefficient (Wildman–Crippen LogP) is 11.5. The Morgan fingerprint density at radius 3 is 1.86 bits per heavy atom. The third-order valence-electron chi connectivity index (χ3n) is 9.58. The van der Waals surface area contributed by atoms with E-state index in [0.717, 1.165) is 77.2 Å². The van der Waals surface area contributed by atoms with E-state index >= 15 is 0 Å². The Hall–Kier alpha value is -7.39. The van der Waals surface area contributed by atoms with Gasteiger partial charge in [0.1, 0.15) is 6.07 Å². The van der Waals surface area contributed by atoms with Crippen molar-refractivity contribution in [2.24, 2.45) is 0 Å². The maximum atomic E-state index is 11.0. The van der Waals surface area contributed by atoms with Crippen molar-refractivity contribution in [2.45, 2.75) is 0 Å². The van der Waals surface area contributed by atoms with Gasteiger partial charge in [0.15, 0.2) is 5.69 Å². The van der Waals surface area contributed by atoms with Gasteiger partial charge < -0.3 is 9.13 Å². The van der Waals surface area contributed by atoms with E-state index in [2.05, 4.69) is 92.8 Å². The summed E-state index contributed by atoms with van der Waals surface area (Å²) in [5.41, 5.74) is 11.2. The van der Waals surface area contributed by atoms with Crippen LogP contribution in [-0.2, 0) is 0 Å².